The molecule has 11 heteroatoms. The lowest BCUT2D eigenvalue weighted by atomic mass is 9.91. The number of carbonyl (C=O) groups excluding carboxylic acids is 1. The van der Waals surface area contributed by atoms with Gasteiger partial charge in [-0.3, -0.25) is 4.79 Å². The van der Waals surface area contributed by atoms with E-state index in [0.717, 1.165) is 25.5 Å². The Labute approximate surface area is 198 Å². The van der Waals surface area contributed by atoms with Crippen LogP contribution >= 0.6 is 11.6 Å². The molecule has 1 aromatic carbocycles. The fraction of sp³-hybridized carbons (Fsp3) is 0.261. The van der Waals surface area contributed by atoms with E-state index in [9.17, 15) is 13.6 Å². The third-order valence-electron chi connectivity index (χ3n) is 5.81. The summed E-state index contributed by atoms with van der Waals surface area (Å²) in [6, 6.07) is 4.25. The van der Waals surface area contributed by atoms with Crippen molar-refractivity contribution >= 4 is 34.2 Å². The van der Waals surface area contributed by atoms with Crippen molar-refractivity contribution in [2.24, 2.45) is 0 Å². The normalized spacial score (nSPS) is 18.1. The average molecular weight is 484 g/mol. The predicted octanol–water partition coefficient (Wildman–Crippen LogP) is 4.50. The number of fused-ring (bicyclic) bond motifs is 1. The number of aromatic amines is 1. The number of nitrogens with zero attached hydrogens (tertiary/aromatic N) is 4. The number of halogens is 3. The Kier molecular flexibility index (Phi) is 6.06. The molecule has 0 radical (unpaired) electrons. The molecular weight excluding hydrogens is 464 g/mol. The first-order chi connectivity index (χ1) is 16.5. The number of benzene rings is 1. The van der Waals surface area contributed by atoms with Crippen LogP contribution in [0.1, 0.15) is 36.3 Å². The van der Waals surface area contributed by atoms with Crippen LogP contribution in [0.25, 0.3) is 22.3 Å². The van der Waals surface area contributed by atoms with Gasteiger partial charge in [-0.15, -0.1) is 0 Å². The van der Waals surface area contributed by atoms with Gasteiger partial charge < -0.3 is 15.6 Å². The van der Waals surface area contributed by atoms with Crippen LogP contribution < -0.4 is 10.6 Å². The van der Waals surface area contributed by atoms with E-state index in [2.05, 4.69) is 35.6 Å². The van der Waals surface area contributed by atoms with E-state index in [0.29, 0.717) is 17.4 Å². The van der Waals surface area contributed by atoms with Crippen molar-refractivity contribution in [2.75, 3.05) is 5.32 Å². The molecule has 1 fully saturated rings. The van der Waals surface area contributed by atoms with Crippen LogP contribution in [0.15, 0.2) is 43.0 Å². The van der Waals surface area contributed by atoms with Crippen LogP contribution in [0.4, 0.5) is 14.6 Å². The molecule has 2 atom stereocenters. The van der Waals surface area contributed by atoms with Crippen molar-refractivity contribution in [3.8, 4) is 11.4 Å². The number of anilines is 1. The molecular formula is C23H20ClF2N7O. The zero-order valence-corrected chi connectivity index (χ0v) is 18.6. The Bertz CT molecular complexity index is 1350. The maximum absolute atomic E-state index is 14.6. The monoisotopic (exact) mass is 483 g/mol. The van der Waals surface area contributed by atoms with Crippen LogP contribution in [0, 0.1) is 11.6 Å². The van der Waals surface area contributed by atoms with Gasteiger partial charge in [0.15, 0.2) is 17.5 Å². The van der Waals surface area contributed by atoms with E-state index in [1.54, 1.807) is 18.3 Å². The molecule has 5 rings (SSSR count). The van der Waals surface area contributed by atoms with Gasteiger partial charge in [0.2, 0.25) is 5.82 Å². The molecule has 3 heterocycles. The van der Waals surface area contributed by atoms with E-state index >= 15 is 0 Å². The van der Waals surface area contributed by atoms with Crippen LogP contribution in [0.3, 0.4) is 0 Å². The second-order valence-corrected chi connectivity index (χ2v) is 8.59. The summed E-state index contributed by atoms with van der Waals surface area (Å²) in [7, 11) is 0. The van der Waals surface area contributed by atoms with Crippen molar-refractivity contribution in [3.05, 3.63) is 65.5 Å². The highest BCUT2D eigenvalue weighted by Gasteiger charge is 2.26. The fourth-order valence-corrected chi connectivity index (χ4v) is 4.45. The summed E-state index contributed by atoms with van der Waals surface area (Å²) in [6.45, 7) is 0. The first kappa shape index (κ1) is 22.1. The number of amides is 1. The minimum absolute atomic E-state index is 0.0465. The minimum Gasteiger partial charge on any atom is -0.365 e. The molecule has 8 nitrogen and oxygen atoms in total. The van der Waals surface area contributed by atoms with E-state index < -0.39 is 11.6 Å². The average Bonchev–Trinajstić information content (AvgIpc) is 3.25. The van der Waals surface area contributed by atoms with Crippen molar-refractivity contribution in [2.45, 2.75) is 37.8 Å². The number of hydrogen-bond donors (Lipinski definition) is 3. The van der Waals surface area contributed by atoms with Gasteiger partial charge in [0.05, 0.1) is 11.7 Å². The van der Waals surface area contributed by atoms with Crippen LogP contribution in [-0.2, 0) is 0 Å². The maximum atomic E-state index is 14.6. The lowest BCUT2D eigenvalue weighted by Gasteiger charge is -2.30. The zero-order valence-electron chi connectivity index (χ0n) is 17.9. The van der Waals surface area contributed by atoms with Gasteiger partial charge in [0.25, 0.3) is 5.91 Å². The lowest BCUT2D eigenvalue weighted by molar-refractivity contribution is 0.0915. The standard InChI is InChI=1S/C23H20ClF2N7O/c24-12-7-15-16(10-29-19(15)17(25)8-12)20-30-11-18(26)21(33-20)31-13-3-1-4-14(9-13)32-23(34)22-27-5-2-6-28-22/h2,5-8,10-11,13-14,29H,1,3-4,9H2,(H,32,34)(H,30,31,33)/t13-,14+/m0/s1. The summed E-state index contributed by atoms with van der Waals surface area (Å²) in [5, 5.41) is 6.84. The summed E-state index contributed by atoms with van der Waals surface area (Å²) in [6.07, 6.45) is 8.70. The van der Waals surface area contributed by atoms with E-state index in [1.807, 2.05) is 0 Å². The summed E-state index contributed by atoms with van der Waals surface area (Å²) >= 11 is 6.01. The van der Waals surface area contributed by atoms with E-state index in [-0.39, 0.29) is 46.0 Å². The largest absolute Gasteiger partial charge is 0.365 e. The van der Waals surface area contributed by atoms with E-state index in [4.69, 9.17) is 11.6 Å². The molecule has 174 valence electrons. The van der Waals surface area contributed by atoms with Crippen LogP contribution in [0.2, 0.25) is 5.02 Å². The summed E-state index contributed by atoms with van der Waals surface area (Å²) in [5.74, 6) is -1.04. The molecule has 0 spiro atoms. The van der Waals surface area contributed by atoms with Gasteiger partial charge in [-0.25, -0.2) is 28.7 Å². The first-order valence-corrected chi connectivity index (χ1v) is 11.2. The number of carbonyl (C=O) groups is 1. The third kappa shape index (κ3) is 4.54. The fourth-order valence-electron chi connectivity index (χ4n) is 4.25. The second kappa shape index (κ2) is 9.30. The predicted molar refractivity (Wildman–Crippen MR) is 123 cm³/mol. The number of aromatic nitrogens is 5. The number of rotatable bonds is 5. The molecule has 1 aliphatic rings. The van der Waals surface area contributed by atoms with Crippen LogP contribution in [0.5, 0.6) is 0 Å². The third-order valence-corrected chi connectivity index (χ3v) is 6.03. The zero-order chi connectivity index (χ0) is 23.7. The summed E-state index contributed by atoms with van der Waals surface area (Å²) < 4.78 is 28.8. The molecule has 1 amide bonds. The van der Waals surface area contributed by atoms with Gasteiger partial charge in [0, 0.05) is 46.6 Å². The molecule has 0 bridgehead atoms. The van der Waals surface area contributed by atoms with Crippen molar-refractivity contribution < 1.29 is 13.6 Å². The Balaban J connectivity index is 1.33. The number of nitrogens with one attached hydrogen (secondary N) is 3. The van der Waals surface area contributed by atoms with Crippen molar-refractivity contribution in [3.63, 3.8) is 0 Å². The van der Waals surface area contributed by atoms with Crippen molar-refractivity contribution in [1.82, 2.24) is 30.2 Å². The molecule has 0 saturated heterocycles. The molecule has 0 unspecified atom stereocenters. The van der Waals surface area contributed by atoms with Gasteiger partial charge in [-0.1, -0.05) is 11.6 Å². The van der Waals surface area contributed by atoms with E-state index in [1.165, 1.54) is 18.5 Å². The first-order valence-electron chi connectivity index (χ1n) is 10.8. The summed E-state index contributed by atoms with van der Waals surface area (Å²) in [4.78, 5) is 31.6. The topological polar surface area (TPSA) is 108 Å². The highest BCUT2D eigenvalue weighted by Crippen LogP contribution is 2.31. The highest BCUT2D eigenvalue weighted by atomic mass is 35.5. The molecule has 3 aromatic heterocycles. The molecule has 0 aliphatic heterocycles. The van der Waals surface area contributed by atoms with Gasteiger partial charge >= 0.3 is 0 Å². The van der Waals surface area contributed by atoms with Crippen molar-refractivity contribution in [1.29, 1.82) is 0 Å². The Morgan fingerprint density at radius 2 is 1.88 bits per heavy atom. The number of H-pyrrole nitrogens is 1. The van der Waals surface area contributed by atoms with Crippen LogP contribution in [-0.4, -0.2) is 42.9 Å². The molecule has 3 N–H and O–H groups in total. The molecule has 1 aliphatic carbocycles. The lowest BCUT2D eigenvalue weighted by Crippen LogP contribution is -2.42. The van der Waals surface area contributed by atoms with Gasteiger partial charge in [-0.2, -0.15) is 0 Å². The SMILES string of the molecule is O=C(N[C@@H]1CCC[C@H](Nc2nc(-c3c[nH]c4c(F)cc(Cl)cc34)ncc2F)C1)c1ncccn1. The Hall–Kier alpha value is -3.66. The Morgan fingerprint density at radius 1 is 1.09 bits per heavy atom. The molecule has 34 heavy (non-hydrogen) atoms. The second-order valence-electron chi connectivity index (χ2n) is 8.15. The molecule has 1 saturated carbocycles. The highest BCUT2D eigenvalue weighted by molar-refractivity contribution is 6.31. The minimum atomic E-state index is -0.600. The smallest absolute Gasteiger partial charge is 0.289 e. The van der Waals surface area contributed by atoms with Gasteiger partial charge in [0.1, 0.15) is 5.82 Å². The van der Waals surface area contributed by atoms with Gasteiger partial charge in [-0.05, 0) is 43.9 Å². The Morgan fingerprint density at radius 3 is 2.71 bits per heavy atom. The maximum Gasteiger partial charge on any atom is 0.289 e. The molecule has 4 aromatic rings. The number of hydrogen-bond acceptors (Lipinski definition) is 6. The quantitative estimate of drug-likeness (QED) is 0.385. The summed E-state index contributed by atoms with van der Waals surface area (Å²) in [5.41, 5.74) is 0.784.